The van der Waals surface area contributed by atoms with E-state index in [0.29, 0.717) is 0 Å². The van der Waals surface area contributed by atoms with Gasteiger partial charge in [-0.15, -0.1) is 11.6 Å². The van der Waals surface area contributed by atoms with E-state index in [1.165, 1.54) is 13.0 Å². The molecule has 3 heteroatoms. The van der Waals surface area contributed by atoms with Crippen molar-refractivity contribution in [3.8, 4) is 0 Å². The van der Waals surface area contributed by atoms with E-state index < -0.39 is 8.24 Å². The summed E-state index contributed by atoms with van der Waals surface area (Å²) in [4.78, 5) is 0. The van der Waals surface area contributed by atoms with Gasteiger partial charge < -0.3 is 4.57 Å². The molecule has 0 aromatic heterocycles. The zero-order valence-corrected chi connectivity index (χ0v) is 9.91. The summed E-state index contributed by atoms with van der Waals surface area (Å²) in [7, 11) is -1.08. The Morgan fingerprint density at radius 1 is 1.18 bits per heavy atom. The molecular formula is C8H20ClNSi. The van der Waals surface area contributed by atoms with Crippen LogP contribution in [0.5, 0.6) is 0 Å². The molecule has 0 aromatic carbocycles. The quantitative estimate of drug-likeness (QED) is 0.480. The molecule has 0 aliphatic carbocycles. The highest BCUT2D eigenvalue weighted by Crippen LogP contribution is 2.09. The fourth-order valence-electron chi connectivity index (χ4n) is 1.15. The molecule has 1 nitrogen and oxygen atoms in total. The highest BCUT2D eigenvalue weighted by Gasteiger charge is 2.21. The van der Waals surface area contributed by atoms with E-state index in [1.807, 2.05) is 0 Å². The lowest BCUT2D eigenvalue weighted by molar-refractivity contribution is 0.446. The molecule has 68 valence electrons. The number of alkyl halides is 1. The highest BCUT2D eigenvalue weighted by atomic mass is 35.5. The predicted octanol–water partition coefficient (Wildman–Crippen LogP) is 2.77. The van der Waals surface area contributed by atoms with Crippen molar-refractivity contribution in [2.24, 2.45) is 0 Å². The largest absolute Gasteiger partial charge is 0.323 e. The predicted molar refractivity (Wildman–Crippen MR) is 55.9 cm³/mol. The van der Waals surface area contributed by atoms with Crippen LogP contribution in [0.4, 0.5) is 0 Å². The smallest absolute Gasteiger partial charge is 0.119 e. The lowest BCUT2D eigenvalue weighted by Gasteiger charge is -2.33. The Morgan fingerprint density at radius 2 is 1.73 bits per heavy atom. The maximum atomic E-state index is 5.72. The molecule has 0 unspecified atom stereocenters. The Hall–Kier alpha value is 0.467. The van der Waals surface area contributed by atoms with Crippen LogP contribution in [0.3, 0.4) is 0 Å². The number of hydrogen-bond donors (Lipinski definition) is 0. The third kappa shape index (κ3) is 4.83. The standard InChI is InChI=1S/C8H20ClNSi/c1-5-7-10(8-6-9)11(2,3)4/h5-8H2,1-4H3. The molecule has 0 heterocycles. The summed E-state index contributed by atoms with van der Waals surface area (Å²) >= 11 is 5.72. The molecule has 0 rings (SSSR count). The first-order valence-corrected chi connectivity index (χ1v) is 8.31. The minimum atomic E-state index is -1.08. The molecule has 11 heavy (non-hydrogen) atoms. The van der Waals surface area contributed by atoms with E-state index >= 15 is 0 Å². The van der Waals surface area contributed by atoms with Crippen molar-refractivity contribution in [2.45, 2.75) is 33.0 Å². The Labute approximate surface area is 76.8 Å². The molecule has 0 spiro atoms. The van der Waals surface area contributed by atoms with Crippen LogP contribution < -0.4 is 0 Å². The van der Waals surface area contributed by atoms with Crippen molar-refractivity contribution < 1.29 is 0 Å². The summed E-state index contributed by atoms with van der Waals surface area (Å²) in [6.45, 7) is 11.6. The summed E-state index contributed by atoms with van der Waals surface area (Å²) in [5.41, 5.74) is 0. The van der Waals surface area contributed by atoms with Gasteiger partial charge in [0.05, 0.1) is 0 Å². The molecule has 0 bridgehead atoms. The normalized spacial score (nSPS) is 12.5. The van der Waals surface area contributed by atoms with Crippen LogP contribution in [0, 0.1) is 0 Å². The first-order valence-electron chi connectivity index (χ1n) is 4.33. The van der Waals surface area contributed by atoms with Gasteiger partial charge in [0.15, 0.2) is 0 Å². The minimum absolute atomic E-state index is 0.768. The maximum absolute atomic E-state index is 5.72. The van der Waals surface area contributed by atoms with E-state index in [1.54, 1.807) is 0 Å². The van der Waals surface area contributed by atoms with Crippen LogP contribution in [0.25, 0.3) is 0 Å². The van der Waals surface area contributed by atoms with E-state index in [9.17, 15) is 0 Å². The Bertz CT molecular complexity index is 94.8. The van der Waals surface area contributed by atoms with Crippen LogP contribution in [0.1, 0.15) is 13.3 Å². The summed E-state index contributed by atoms with van der Waals surface area (Å²) in [6.07, 6.45) is 1.24. The first kappa shape index (κ1) is 11.5. The van der Waals surface area contributed by atoms with E-state index in [2.05, 4.69) is 31.1 Å². The number of rotatable bonds is 5. The minimum Gasteiger partial charge on any atom is -0.323 e. The molecule has 0 saturated heterocycles. The van der Waals surface area contributed by atoms with Gasteiger partial charge in [-0.3, -0.25) is 0 Å². The summed E-state index contributed by atoms with van der Waals surface area (Å²) in [5.74, 6) is 0.768. The number of halogens is 1. The van der Waals surface area contributed by atoms with Gasteiger partial charge in [-0.2, -0.15) is 0 Å². The molecule has 0 fully saturated rings. The van der Waals surface area contributed by atoms with Gasteiger partial charge in [0.1, 0.15) is 8.24 Å². The second kappa shape index (κ2) is 5.17. The summed E-state index contributed by atoms with van der Waals surface area (Å²) in [5, 5.41) is 0. The van der Waals surface area contributed by atoms with Crippen molar-refractivity contribution in [3.05, 3.63) is 0 Å². The van der Waals surface area contributed by atoms with Gasteiger partial charge >= 0.3 is 0 Å². The third-order valence-corrected chi connectivity index (χ3v) is 4.31. The van der Waals surface area contributed by atoms with Gasteiger partial charge in [-0.25, -0.2) is 0 Å². The molecular weight excluding hydrogens is 174 g/mol. The molecule has 0 saturated carbocycles. The molecule has 0 aliphatic rings. The van der Waals surface area contributed by atoms with Gasteiger partial charge in [-0.1, -0.05) is 26.6 Å². The zero-order valence-electron chi connectivity index (χ0n) is 8.15. The second-order valence-corrected chi connectivity index (χ2v) is 9.20. The van der Waals surface area contributed by atoms with Crippen molar-refractivity contribution in [1.82, 2.24) is 4.57 Å². The van der Waals surface area contributed by atoms with Gasteiger partial charge in [-0.05, 0) is 13.0 Å². The molecule has 0 amide bonds. The lowest BCUT2D eigenvalue weighted by Crippen LogP contribution is -2.47. The van der Waals surface area contributed by atoms with Crippen LogP contribution in [-0.2, 0) is 0 Å². The fraction of sp³-hybridized carbons (Fsp3) is 1.00. The zero-order chi connectivity index (χ0) is 8.91. The Morgan fingerprint density at radius 3 is 2.00 bits per heavy atom. The van der Waals surface area contributed by atoms with Crippen molar-refractivity contribution in [3.63, 3.8) is 0 Å². The van der Waals surface area contributed by atoms with Crippen LogP contribution in [0.15, 0.2) is 0 Å². The van der Waals surface area contributed by atoms with Gasteiger partial charge in [0.25, 0.3) is 0 Å². The molecule has 0 atom stereocenters. The average Bonchev–Trinajstić information content (AvgIpc) is 1.85. The first-order chi connectivity index (χ1) is 5.02. The maximum Gasteiger partial charge on any atom is 0.119 e. The Balaban J connectivity index is 3.88. The van der Waals surface area contributed by atoms with Gasteiger partial charge in [0.2, 0.25) is 0 Å². The van der Waals surface area contributed by atoms with Crippen molar-refractivity contribution >= 4 is 19.8 Å². The SMILES string of the molecule is CCCN(CCCl)[Si](C)(C)C. The molecule has 0 aliphatic heterocycles. The number of hydrogen-bond acceptors (Lipinski definition) is 1. The highest BCUT2D eigenvalue weighted by molar-refractivity contribution is 6.73. The van der Waals surface area contributed by atoms with Crippen LogP contribution >= 0.6 is 11.6 Å². The fourth-order valence-corrected chi connectivity index (χ4v) is 3.18. The second-order valence-electron chi connectivity index (χ2n) is 3.85. The molecule has 0 aromatic rings. The van der Waals surface area contributed by atoms with E-state index in [4.69, 9.17) is 11.6 Å². The number of nitrogens with zero attached hydrogens (tertiary/aromatic N) is 1. The summed E-state index contributed by atoms with van der Waals surface area (Å²) < 4.78 is 2.56. The topological polar surface area (TPSA) is 3.24 Å². The molecule has 0 N–H and O–H groups in total. The third-order valence-electron chi connectivity index (χ3n) is 1.80. The van der Waals surface area contributed by atoms with Crippen LogP contribution in [0.2, 0.25) is 19.6 Å². The summed E-state index contributed by atoms with van der Waals surface area (Å²) in [6, 6.07) is 0. The molecule has 0 radical (unpaired) electrons. The van der Waals surface area contributed by atoms with Crippen molar-refractivity contribution in [1.29, 1.82) is 0 Å². The average molecular weight is 194 g/mol. The van der Waals surface area contributed by atoms with Crippen molar-refractivity contribution in [2.75, 3.05) is 19.0 Å². The Kier molecular flexibility index (Phi) is 5.39. The van der Waals surface area contributed by atoms with E-state index in [-0.39, 0.29) is 0 Å². The lowest BCUT2D eigenvalue weighted by atomic mass is 10.5. The van der Waals surface area contributed by atoms with Crippen LogP contribution in [-0.4, -0.2) is 31.8 Å². The van der Waals surface area contributed by atoms with E-state index in [0.717, 1.165) is 12.4 Å². The van der Waals surface area contributed by atoms with Gasteiger partial charge in [0, 0.05) is 12.4 Å². The monoisotopic (exact) mass is 193 g/mol.